The molecular weight excluding hydrogens is 352 g/mol. The van der Waals surface area contributed by atoms with Crippen LogP contribution in [0.3, 0.4) is 0 Å². The predicted octanol–water partition coefficient (Wildman–Crippen LogP) is 3.91. The first-order valence-electron chi connectivity index (χ1n) is 9.80. The molecule has 0 spiro atoms. The number of rotatable bonds is 10. The van der Waals surface area contributed by atoms with E-state index in [9.17, 15) is 4.79 Å². The number of carbonyl (C=O) groups is 1. The van der Waals surface area contributed by atoms with Crippen LogP contribution in [0.2, 0.25) is 0 Å². The van der Waals surface area contributed by atoms with Gasteiger partial charge >= 0.3 is 0 Å². The van der Waals surface area contributed by atoms with Crippen LogP contribution in [-0.2, 0) is 13.0 Å². The lowest BCUT2D eigenvalue weighted by molar-refractivity contribution is 0.0954. The minimum Gasteiger partial charge on any atom is -0.497 e. The number of hydrogen-bond donors (Lipinski definition) is 1. The van der Waals surface area contributed by atoms with Crippen LogP contribution in [0.4, 0.5) is 0 Å². The quantitative estimate of drug-likeness (QED) is 0.675. The first-order valence-corrected chi connectivity index (χ1v) is 9.80. The summed E-state index contributed by atoms with van der Waals surface area (Å²) in [7, 11) is 3.28. The van der Waals surface area contributed by atoms with E-state index in [-0.39, 0.29) is 5.91 Å². The summed E-state index contributed by atoms with van der Waals surface area (Å²) in [5.41, 5.74) is 2.90. The molecule has 1 amide bonds. The van der Waals surface area contributed by atoms with Gasteiger partial charge in [0.1, 0.15) is 11.5 Å². The van der Waals surface area contributed by atoms with Crippen molar-refractivity contribution in [3.63, 3.8) is 0 Å². The van der Waals surface area contributed by atoms with E-state index >= 15 is 0 Å². The summed E-state index contributed by atoms with van der Waals surface area (Å²) in [5.74, 6) is 1.51. The van der Waals surface area contributed by atoms with Gasteiger partial charge in [-0.2, -0.15) is 0 Å². The van der Waals surface area contributed by atoms with Crippen LogP contribution in [-0.4, -0.2) is 44.2 Å². The summed E-state index contributed by atoms with van der Waals surface area (Å²) in [6.07, 6.45) is 0.671. The Kier molecular flexibility index (Phi) is 8.33. The van der Waals surface area contributed by atoms with Crippen molar-refractivity contribution < 1.29 is 14.3 Å². The maximum Gasteiger partial charge on any atom is 0.251 e. The molecule has 2 aromatic carbocycles. The number of carbonyl (C=O) groups excluding carboxylic acids is 1. The van der Waals surface area contributed by atoms with Gasteiger partial charge in [-0.1, -0.05) is 19.1 Å². The standard InChI is InChI=1S/C23H32N2O3/c1-6-25(17(2)3)16-18-7-9-19(10-8-18)23(26)24-14-13-20-15-21(27-4)11-12-22(20)28-5/h7-12,15,17H,6,13-14,16H2,1-5H3,(H,24,26). The Morgan fingerprint density at radius 3 is 2.36 bits per heavy atom. The largest absolute Gasteiger partial charge is 0.497 e. The Balaban J connectivity index is 1.91. The molecule has 152 valence electrons. The molecule has 0 fully saturated rings. The number of hydrogen-bond acceptors (Lipinski definition) is 4. The third kappa shape index (κ3) is 5.99. The molecule has 0 aliphatic heterocycles. The van der Waals surface area contributed by atoms with E-state index < -0.39 is 0 Å². The molecule has 2 rings (SSSR count). The molecule has 0 aliphatic rings. The molecule has 0 unspecified atom stereocenters. The van der Waals surface area contributed by atoms with Crippen LogP contribution in [0.25, 0.3) is 0 Å². The van der Waals surface area contributed by atoms with Crippen LogP contribution >= 0.6 is 0 Å². The Labute approximate surface area is 168 Å². The second-order valence-corrected chi connectivity index (χ2v) is 7.04. The number of nitrogens with zero attached hydrogens (tertiary/aromatic N) is 1. The second kappa shape index (κ2) is 10.7. The lowest BCUT2D eigenvalue weighted by Gasteiger charge is -2.24. The van der Waals surface area contributed by atoms with Gasteiger partial charge in [0.15, 0.2) is 0 Å². The zero-order valence-corrected chi connectivity index (χ0v) is 17.6. The monoisotopic (exact) mass is 384 g/mol. The Morgan fingerprint density at radius 1 is 1.07 bits per heavy atom. The third-order valence-corrected chi connectivity index (χ3v) is 4.91. The molecule has 0 aliphatic carbocycles. The molecule has 0 bridgehead atoms. The van der Waals surface area contributed by atoms with Crippen molar-refractivity contribution in [2.45, 2.75) is 39.8 Å². The minimum atomic E-state index is -0.0652. The zero-order chi connectivity index (χ0) is 20.5. The predicted molar refractivity (Wildman–Crippen MR) is 113 cm³/mol. The number of nitrogens with one attached hydrogen (secondary N) is 1. The fourth-order valence-electron chi connectivity index (χ4n) is 3.15. The summed E-state index contributed by atoms with van der Waals surface area (Å²) in [5, 5.41) is 2.98. The second-order valence-electron chi connectivity index (χ2n) is 7.04. The van der Waals surface area contributed by atoms with Gasteiger partial charge in [0.25, 0.3) is 5.91 Å². The van der Waals surface area contributed by atoms with Crippen molar-refractivity contribution in [3.8, 4) is 11.5 Å². The molecule has 1 N–H and O–H groups in total. The Hall–Kier alpha value is -2.53. The van der Waals surface area contributed by atoms with Gasteiger partial charge in [-0.05, 0) is 68.3 Å². The average molecular weight is 385 g/mol. The van der Waals surface area contributed by atoms with E-state index in [1.807, 2.05) is 42.5 Å². The number of benzene rings is 2. The topological polar surface area (TPSA) is 50.8 Å². The summed E-state index contributed by atoms with van der Waals surface area (Å²) in [6, 6.07) is 14.0. The van der Waals surface area contributed by atoms with Gasteiger partial charge < -0.3 is 14.8 Å². The fraction of sp³-hybridized carbons (Fsp3) is 0.435. The Morgan fingerprint density at radius 2 is 1.79 bits per heavy atom. The molecule has 0 aromatic heterocycles. The first kappa shape index (κ1) is 21.8. The minimum absolute atomic E-state index is 0.0652. The van der Waals surface area contributed by atoms with Gasteiger partial charge in [0.2, 0.25) is 0 Å². The van der Waals surface area contributed by atoms with E-state index in [0.29, 0.717) is 24.6 Å². The lowest BCUT2D eigenvalue weighted by atomic mass is 10.1. The van der Waals surface area contributed by atoms with Crippen molar-refractivity contribution in [2.75, 3.05) is 27.3 Å². The van der Waals surface area contributed by atoms with Crippen LogP contribution in [0.15, 0.2) is 42.5 Å². The molecule has 0 saturated heterocycles. The van der Waals surface area contributed by atoms with Crippen molar-refractivity contribution >= 4 is 5.91 Å². The summed E-state index contributed by atoms with van der Waals surface area (Å²) in [4.78, 5) is 14.8. The lowest BCUT2D eigenvalue weighted by Crippen LogP contribution is -2.30. The molecule has 0 atom stereocenters. The summed E-state index contributed by atoms with van der Waals surface area (Å²) in [6.45, 7) is 8.99. The Bertz CT molecular complexity index is 757. The highest BCUT2D eigenvalue weighted by Crippen LogP contribution is 2.24. The number of amides is 1. The highest BCUT2D eigenvalue weighted by molar-refractivity contribution is 5.94. The van der Waals surface area contributed by atoms with Gasteiger partial charge in [0, 0.05) is 24.7 Å². The summed E-state index contributed by atoms with van der Waals surface area (Å²) < 4.78 is 10.7. The molecule has 5 heteroatoms. The normalized spacial score (nSPS) is 11.0. The highest BCUT2D eigenvalue weighted by atomic mass is 16.5. The maximum absolute atomic E-state index is 12.4. The van der Waals surface area contributed by atoms with Gasteiger partial charge in [-0.15, -0.1) is 0 Å². The first-order chi connectivity index (χ1) is 13.5. The van der Waals surface area contributed by atoms with Crippen molar-refractivity contribution in [2.24, 2.45) is 0 Å². The van der Waals surface area contributed by atoms with Crippen molar-refractivity contribution in [3.05, 3.63) is 59.2 Å². The van der Waals surface area contributed by atoms with E-state index in [0.717, 1.165) is 30.2 Å². The van der Waals surface area contributed by atoms with E-state index in [1.165, 1.54) is 5.56 Å². The molecule has 0 heterocycles. The molecular formula is C23H32N2O3. The van der Waals surface area contributed by atoms with Gasteiger partial charge in [-0.25, -0.2) is 0 Å². The smallest absolute Gasteiger partial charge is 0.251 e. The average Bonchev–Trinajstić information content (AvgIpc) is 2.71. The number of ether oxygens (including phenoxy) is 2. The van der Waals surface area contributed by atoms with Crippen LogP contribution in [0, 0.1) is 0 Å². The van der Waals surface area contributed by atoms with Gasteiger partial charge in [-0.3, -0.25) is 9.69 Å². The van der Waals surface area contributed by atoms with Crippen molar-refractivity contribution in [1.82, 2.24) is 10.2 Å². The molecule has 0 radical (unpaired) electrons. The maximum atomic E-state index is 12.4. The van der Waals surface area contributed by atoms with Crippen LogP contribution < -0.4 is 14.8 Å². The molecule has 28 heavy (non-hydrogen) atoms. The van der Waals surface area contributed by atoms with Crippen molar-refractivity contribution in [1.29, 1.82) is 0 Å². The van der Waals surface area contributed by atoms with Crippen LogP contribution in [0.1, 0.15) is 42.3 Å². The summed E-state index contributed by atoms with van der Waals surface area (Å²) >= 11 is 0. The van der Waals surface area contributed by atoms with E-state index in [1.54, 1.807) is 14.2 Å². The SMILES string of the molecule is CCN(Cc1ccc(C(=O)NCCc2cc(OC)ccc2OC)cc1)C(C)C. The highest BCUT2D eigenvalue weighted by Gasteiger charge is 2.10. The third-order valence-electron chi connectivity index (χ3n) is 4.91. The van der Waals surface area contributed by atoms with E-state index in [2.05, 4.69) is 31.0 Å². The van der Waals surface area contributed by atoms with Crippen LogP contribution in [0.5, 0.6) is 11.5 Å². The molecule has 0 saturated carbocycles. The van der Waals surface area contributed by atoms with E-state index in [4.69, 9.17) is 9.47 Å². The zero-order valence-electron chi connectivity index (χ0n) is 17.6. The fourth-order valence-corrected chi connectivity index (χ4v) is 3.15. The number of methoxy groups -OCH3 is 2. The molecule has 5 nitrogen and oxygen atoms in total. The van der Waals surface area contributed by atoms with Gasteiger partial charge in [0.05, 0.1) is 14.2 Å². The molecule has 2 aromatic rings.